The van der Waals surface area contributed by atoms with E-state index >= 15 is 0 Å². The van der Waals surface area contributed by atoms with Crippen molar-refractivity contribution in [2.75, 3.05) is 19.0 Å². The smallest absolute Gasteiger partial charge is 0.226 e. The highest BCUT2D eigenvalue weighted by molar-refractivity contribution is 7.80. The second-order valence-electron chi connectivity index (χ2n) is 9.87. The minimum absolute atomic E-state index is 0.0479. The predicted molar refractivity (Wildman–Crippen MR) is 158 cm³/mol. The summed E-state index contributed by atoms with van der Waals surface area (Å²) in [5.41, 5.74) is 7.07. The summed E-state index contributed by atoms with van der Waals surface area (Å²) in [6.45, 7) is 6.57. The molecular formula is C31H33N5O2S. The van der Waals surface area contributed by atoms with Gasteiger partial charge in [0.1, 0.15) is 5.75 Å². The lowest BCUT2D eigenvalue weighted by Crippen LogP contribution is -2.33. The van der Waals surface area contributed by atoms with Gasteiger partial charge in [-0.1, -0.05) is 18.2 Å². The van der Waals surface area contributed by atoms with Crippen molar-refractivity contribution < 1.29 is 9.53 Å². The minimum Gasteiger partial charge on any atom is -0.497 e. The van der Waals surface area contributed by atoms with Gasteiger partial charge in [-0.25, -0.2) is 0 Å². The number of pyridine rings is 1. The number of ether oxygens (including phenoxy) is 1. The van der Waals surface area contributed by atoms with Gasteiger partial charge in [0.05, 0.1) is 24.9 Å². The molecule has 200 valence electrons. The first-order valence-corrected chi connectivity index (χ1v) is 13.4. The summed E-state index contributed by atoms with van der Waals surface area (Å²) in [4.78, 5) is 19.8. The molecular weight excluding hydrogens is 506 g/mol. The van der Waals surface area contributed by atoms with Gasteiger partial charge in [0.2, 0.25) is 5.91 Å². The molecule has 0 unspecified atom stereocenters. The number of nitrogens with one attached hydrogen (secondary N) is 2. The van der Waals surface area contributed by atoms with E-state index in [1.807, 2.05) is 74.5 Å². The van der Waals surface area contributed by atoms with Crippen molar-refractivity contribution in [1.29, 1.82) is 0 Å². The van der Waals surface area contributed by atoms with Crippen LogP contribution in [0.1, 0.15) is 46.7 Å². The van der Waals surface area contributed by atoms with Gasteiger partial charge in [-0.05, 0) is 98.7 Å². The Hall–Kier alpha value is -4.17. The van der Waals surface area contributed by atoms with Crippen LogP contribution < -0.4 is 15.4 Å². The number of rotatable bonds is 8. The van der Waals surface area contributed by atoms with Crippen LogP contribution in [0.15, 0.2) is 79.0 Å². The first-order valence-electron chi connectivity index (χ1n) is 13.0. The zero-order valence-electron chi connectivity index (χ0n) is 22.6. The average molecular weight is 540 g/mol. The van der Waals surface area contributed by atoms with Crippen molar-refractivity contribution in [1.82, 2.24) is 19.8 Å². The second-order valence-corrected chi connectivity index (χ2v) is 10.3. The molecule has 4 aromatic rings. The van der Waals surface area contributed by atoms with Crippen LogP contribution in [-0.4, -0.2) is 39.1 Å². The lowest BCUT2D eigenvalue weighted by Gasteiger charge is -2.29. The molecule has 5 rings (SSSR count). The number of carbonyl (C=O) groups is 1. The van der Waals surface area contributed by atoms with Crippen LogP contribution in [-0.2, 0) is 4.79 Å². The van der Waals surface area contributed by atoms with E-state index in [9.17, 15) is 4.79 Å². The summed E-state index contributed by atoms with van der Waals surface area (Å²) in [6, 6.07) is 23.9. The van der Waals surface area contributed by atoms with E-state index in [1.54, 1.807) is 13.3 Å². The summed E-state index contributed by atoms with van der Waals surface area (Å²) in [5.74, 6) is 0.755. The Balaban J connectivity index is 1.47. The van der Waals surface area contributed by atoms with Crippen molar-refractivity contribution >= 4 is 28.9 Å². The number of benzene rings is 2. The lowest BCUT2D eigenvalue weighted by molar-refractivity contribution is -0.116. The largest absolute Gasteiger partial charge is 0.497 e. The van der Waals surface area contributed by atoms with Crippen LogP contribution in [0.5, 0.6) is 5.75 Å². The average Bonchev–Trinajstić information content (AvgIpc) is 3.48. The number of thiocarbonyl (C=S) groups is 1. The summed E-state index contributed by atoms with van der Waals surface area (Å²) >= 11 is 5.84. The number of carbonyl (C=O) groups excluding carboxylic acids is 1. The van der Waals surface area contributed by atoms with E-state index in [4.69, 9.17) is 17.0 Å². The SMILES string of the molecule is COc1ccc(-n2c(C)ccc2[C@H]2[C@H](c3ccccn3)NC(=S)N2CCC(=O)Nc2cc(C)ccc2C)cc1. The van der Waals surface area contributed by atoms with E-state index in [0.29, 0.717) is 18.1 Å². The Morgan fingerprint density at radius 2 is 1.85 bits per heavy atom. The van der Waals surface area contributed by atoms with E-state index in [1.165, 1.54) is 0 Å². The molecule has 2 N–H and O–H groups in total. The third-order valence-corrected chi connectivity index (χ3v) is 7.54. The van der Waals surface area contributed by atoms with Crippen molar-refractivity contribution in [3.8, 4) is 11.4 Å². The maximum Gasteiger partial charge on any atom is 0.226 e. The summed E-state index contributed by atoms with van der Waals surface area (Å²) in [6.07, 6.45) is 2.09. The predicted octanol–water partition coefficient (Wildman–Crippen LogP) is 5.81. The van der Waals surface area contributed by atoms with Gasteiger partial charge in [0, 0.05) is 41.9 Å². The standard InChI is InChI=1S/C31H33N5O2S/c1-20-8-9-21(2)26(19-20)33-28(37)16-18-35-30(29(34-31(35)39)25-7-5-6-17-32-25)27-15-10-22(3)36(27)23-11-13-24(38-4)14-12-23/h5-15,17,19,29-30H,16,18H2,1-4H3,(H,33,37)(H,34,39)/t29-,30-/m0/s1. The molecule has 1 aliphatic heterocycles. The third kappa shape index (κ3) is 5.52. The number of amides is 1. The number of aromatic nitrogens is 2. The maximum atomic E-state index is 13.1. The van der Waals surface area contributed by atoms with Gasteiger partial charge >= 0.3 is 0 Å². The molecule has 1 amide bonds. The molecule has 0 spiro atoms. The van der Waals surface area contributed by atoms with Crippen molar-refractivity contribution in [2.45, 2.75) is 39.3 Å². The normalized spacial score (nSPS) is 16.7. The molecule has 0 aliphatic carbocycles. The van der Waals surface area contributed by atoms with Gasteiger partial charge in [-0.15, -0.1) is 0 Å². The fourth-order valence-electron chi connectivity index (χ4n) is 5.15. The van der Waals surface area contributed by atoms with Crippen LogP contribution in [0.25, 0.3) is 5.69 Å². The summed E-state index contributed by atoms with van der Waals surface area (Å²) in [7, 11) is 1.66. The Morgan fingerprint density at radius 3 is 2.56 bits per heavy atom. The molecule has 2 aromatic carbocycles. The first-order chi connectivity index (χ1) is 18.9. The highest BCUT2D eigenvalue weighted by Gasteiger charge is 2.41. The van der Waals surface area contributed by atoms with E-state index in [-0.39, 0.29) is 18.0 Å². The van der Waals surface area contributed by atoms with E-state index in [2.05, 4.69) is 44.1 Å². The van der Waals surface area contributed by atoms with Gasteiger partial charge in [0.15, 0.2) is 5.11 Å². The van der Waals surface area contributed by atoms with Crippen LogP contribution in [0.3, 0.4) is 0 Å². The molecule has 1 aliphatic rings. The summed E-state index contributed by atoms with van der Waals surface area (Å²) in [5, 5.41) is 7.18. The van der Waals surface area contributed by atoms with Gasteiger partial charge in [-0.2, -0.15) is 0 Å². The number of methoxy groups -OCH3 is 1. The number of anilines is 1. The number of nitrogens with zero attached hydrogens (tertiary/aromatic N) is 3. The Morgan fingerprint density at radius 1 is 1.05 bits per heavy atom. The van der Waals surface area contributed by atoms with Gasteiger partial charge in [0.25, 0.3) is 0 Å². The second kappa shape index (κ2) is 11.3. The zero-order chi connectivity index (χ0) is 27.5. The summed E-state index contributed by atoms with van der Waals surface area (Å²) < 4.78 is 7.61. The quantitative estimate of drug-likeness (QED) is 0.276. The zero-order valence-corrected chi connectivity index (χ0v) is 23.5. The highest BCUT2D eigenvalue weighted by atomic mass is 32.1. The number of hydrogen-bond acceptors (Lipinski definition) is 4. The highest BCUT2D eigenvalue weighted by Crippen LogP contribution is 2.40. The maximum absolute atomic E-state index is 13.1. The van der Waals surface area contributed by atoms with Crippen LogP contribution in [0.2, 0.25) is 0 Å². The Kier molecular flexibility index (Phi) is 7.65. The molecule has 2 atom stereocenters. The third-order valence-electron chi connectivity index (χ3n) is 7.18. The molecule has 0 saturated carbocycles. The Labute approximate surface area is 234 Å². The minimum atomic E-state index is -0.174. The molecule has 0 bridgehead atoms. The Bertz CT molecular complexity index is 1480. The molecule has 7 nitrogen and oxygen atoms in total. The molecule has 1 saturated heterocycles. The van der Waals surface area contributed by atoms with Crippen molar-refractivity contribution in [2.24, 2.45) is 0 Å². The van der Waals surface area contributed by atoms with Crippen LogP contribution >= 0.6 is 12.2 Å². The topological polar surface area (TPSA) is 71.4 Å². The van der Waals surface area contributed by atoms with Crippen LogP contribution in [0, 0.1) is 20.8 Å². The fourth-order valence-corrected chi connectivity index (χ4v) is 5.48. The molecule has 39 heavy (non-hydrogen) atoms. The molecule has 1 fully saturated rings. The van der Waals surface area contributed by atoms with Crippen LogP contribution in [0.4, 0.5) is 5.69 Å². The fraction of sp³-hybridized carbons (Fsp3) is 0.258. The van der Waals surface area contributed by atoms with Gasteiger partial charge < -0.3 is 24.8 Å². The van der Waals surface area contributed by atoms with E-state index < -0.39 is 0 Å². The van der Waals surface area contributed by atoms with Crippen molar-refractivity contribution in [3.05, 3.63) is 107 Å². The molecule has 0 radical (unpaired) electrons. The molecule has 8 heteroatoms. The molecule has 2 aromatic heterocycles. The number of aryl methyl sites for hydroxylation is 3. The monoisotopic (exact) mass is 539 g/mol. The van der Waals surface area contributed by atoms with Crippen molar-refractivity contribution in [3.63, 3.8) is 0 Å². The number of hydrogen-bond donors (Lipinski definition) is 2. The molecule has 3 heterocycles. The first kappa shape index (κ1) is 26.4. The van der Waals surface area contributed by atoms with E-state index in [0.717, 1.165) is 45.3 Å². The lowest BCUT2D eigenvalue weighted by atomic mass is 10.0. The van der Waals surface area contributed by atoms with Gasteiger partial charge in [-0.3, -0.25) is 9.78 Å².